The molecule has 0 aromatic carbocycles. The maximum absolute atomic E-state index is 5.92. The van der Waals surface area contributed by atoms with Gasteiger partial charge >= 0.3 is 0 Å². The minimum atomic E-state index is 0.406. The Morgan fingerprint density at radius 2 is 2.22 bits per heavy atom. The fourth-order valence-electron chi connectivity index (χ4n) is 2.43. The van der Waals surface area contributed by atoms with Crippen LogP contribution in [0.1, 0.15) is 45.2 Å². The van der Waals surface area contributed by atoms with Gasteiger partial charge in [-0.1, -0.05) is 19.8 Å². The largest absolute Gasteiger partial charge is 0.372 e. The van der Waals surface area contributed by atoms with Gasteiger partial charge in [-0.15, -0.1) is 0 Å². The molecule has 100 valence electrons. The summed E-state index contributed by atoms with van der Waals surface area (Å²) in [6, 6.07) is 0. The van der Waals surface area contributed by atoms with E-state index in [1.54, 1.807) is 12.4 Å². The second-order valence-electron chi connectivity index (χ2n) is 5.13. The average molecular weight is 249 g/mol. The summed E-state index contributed by atoms with van der Waals surface area (Å²) in [7, 11) is 0. The lowest BCUT2D eigenvalue weighted by atomic mass is 9.89. The van der Waals surface area contributed by atoms with E-state index in [9.17, 15) is 0 Å². The first-order valence-corrected chi connectivity index (χ1v) is 6.94. The number of ether oxygens (including phenoxy) is 1. The summed E-state index contributed by atoms with van der Waals surface area (Å²) in [5, 5.41) is 3.13. The molecule has 2 atom stereocenters. The fraction of sp³-hybridized carbons (Fsp3) is 0.714. The lowest BCUT2D eigenvalue weighted by Crippen LogP contribution is -2.21. The van der Waals surface area contributed by atoms with Crippen molar-refractivity contribution in [1.29, 1.82) is 0 Å². The van der Waals surface area contributed by atoms with Gasteiger partial charge < -0.3 is 10.1 Å². The minimum absolute atomic E-state index is 0.406. The van der Waals surface area contributed by atoms with Gasteiger partial charge in [0.05, 0.1) is 30.8 Å². The Morgan fingerprint density at radius 3 is 2.89 bits per heavy atom. The molecule has 18 heavy (non-hydrogen) atoms. The Hall–Kier alpha value is -1.16. The van der Waals surface area contributed by atoms with Gasteiger partial charge in [0, 0.05) is 6.54 Å². The van der Waals surface area contributed by atoms with E-state index in [1.807, 2.05) is 6.92 Å². The fourth-order valence-corrected chi connectivity index (χ4v) is 2.43. The van der Waals surface area contributed by atoms with Crippen LogP contribution in [0, 0.1) is 5.92 Å². The van der Waals surface area contributed by atoms with Crippen LogP contribution < -0.4 is 5.32 Å². The average Bonchev–Trinajstić information content (AvgIpc) is 2.38. The number of aromatic nitrogens is 2. The van der Waals surface area contributed by atoms with Crippen molar-refractivity contribution in [1.82, 2.24) is 9.97 Å². The molecule has 1 fully saturated rings. The van der Waals surface area contributed by atoms with Gasteiger partial charge in [0.2, 0.25) is 0 Å². The first kappa shape index (κ1) is 13.3. The SMILES string of the molecule is CCNc1cnc(COC2CCCC(C)C2)cn1. The van der Waals surface area contributed by atoms with Crippen molar-refractivity contribution in [3.63, 3.8) is 0 Å². The van der Waals surface area contributed by atoms with Crippen LogP contribution in [0.5, 0.6) is 0 Å². The highest BCUT2D eigenvalue weighted by Crippen LogP contribution is 2.26. The molecule has 0 bridgehead atoms. The Labute approximate surface area is 109 Å². The van der Waals surface area contributed by atoms with Crippen molar-refractivity contribution in [2.45, 2.75) is 52.2 Å². The van der Waals surface area contributed by atoms with E-state index in [0.29, 0.717) is 12.7 Å². The first-order valence-electron chi connectivity index (χ1n) is 6.94. The molecule has 4 heteroatoms. The van der Waals surface area contributed by atoms with Gasteiger partial charge in [0.25, 0.3) is 0 Å². The first-order chi connectivity index (χ1) is 8.78. The molecule has 1 aliphatic rings. The number of nitrogens with zero attached hydrogens (tertiary/aromatic N) is 2. The summed E-state index contributed by atoms with van der Waals surface area (Å²) < 4.78 is 5.92. The predicted octanol–water partition coefficient (Wildman–Crippen LogP) is 3.00. The van der Waals surface area contributed by atoms with Crippen LogP contribution in [0.15, 0.2) is 12.4 Å². The predicted molar refractivity (Wildman–Crippen MR) is 72.4 cm³/mol. The molecule has 0 saturated heterocycles. The minimum Gasteiger partial charge on any atom is -0.372 e. The zero-order chi connectivity index (χ0) is 12.8. The van der Waals surface area contributed by atoms with Crippen molar-refractivity contribution in [2.24, 2.45) is 5.92 Å². The molecule has 0 aliphatic heterocycles. The Morgan fingerprint density at radius 1 is 1.33 bits per heavy atom. The maximum atomic E-state index is 5.92. The molecule has 2 rings (SSSR count). The molecular formula is C14H23N3O. The van der Waals surface area contributed by atoms with E-state index in [1.165, 1.54) is 25.7 Å². The number of hydrogen-bond donors (Lipinski definition) is 1. The van der Waals surface area contributed by atoms with Crippen molar-refractivity contribution >= 4 is 5.82 Å². The lowest BCUT2D eigenvalue weighted by Gasteiger charge is -2.26. The van der Waals surface area contributed by atoms with Crippen molar-refractivity contribution in [3.8, 4) is 0 Å². The van der Waals surface area contributed by atoms with E-state index < -0.39 is 0 Å². The number of hydrogen-bond acceptors (Lipinski definition) is 4. The van der Waals surface area contributed by atoms with E-state index >= 15 is 0 Å². The Bertz CT molecular complexity index is 353. The Kier molecular flexibility index (Phi) is 4.93. The van der Waals surface area contributed by atoms with Gasteiger partial charge in [-0.3, -0.25) is 4.98 Å². The van der Waals surface area contributed by atoms with Crippen molar-refractivity contribution in [2.75, 3.05) is 11.9 Å². The van der Waals surface area contributed by atoms with E-state index in [-0.39, 0.29) is 0 Å². The molecule has 0 radical (unpaired) electrons. The van der Waals surface area contributed by atoms with E-state index in [4.69, 9.17) is 4.74 Å². The Balaban J connectivity index is 1.78. The topological polar surface area (TPSA) is 47.0 Å². The smallest absolute Gasteiger partial charge is 0.144 e. The molecule has 1 saturated carbocycles. The maximum Gasteiger partial charge on any atom is 0.144 e. The highest BCUT2D eigenvalue weighted by Gasteiger charge is 2.19. The zero-order valence-electron chi connectivity index (χ0n) is 11.4. The highest BCUT2D eigenvalue weighted by atomic mass is 16.5. The summed E-state index contributed by atoms with van der Waals surface area (Å²) in [6.45, 7) is 5.80. The third-order valence-corrected chi connectivity index (χ3v) is 3.42. The number of rotatable bonds is 5. The molecule has 1 aromatic heterocycles. The molecule has 0 amide bonds. The molecule has 1 N–H and O–H groups in total. The highest BCUT2D eigenvalue weighted by molar-refractivity contribution is 5.30. The van der Waals surface area contributed by atoms with Crippen LogP contribution in [0.4, 0.5) is 5.82 Å². The zero-order valence-corrected chi connectivity index (χ0v) is 11.4. The van der Waals surface area contributed by atoms with Gasteiger partial charge in [0.1, 0.15) is 5.82 Å². The number of nitrogens with one attached hydrogen (secondary N) is 1. The second kappa shape index (κ2) is 6.69. The molecule has 1 aromatic rings. The van der Waals surface area contributed by atoms with Crippen LogP contribution in [0.3, 0.4) is 0 Å². The molecule has 1 aliphatic carbocycles. The summed E-state index contributed by atoms with van der Waals surface area (Å²) in [5.74, 6) is 1.62. The normalized spacial score (nSPS) is 23.9. The van der Waals surface area contributed by atoms with Crippen LogP contribution in [0.2, 0.25) is 0 Å². The van der Waals surface area contributed by atoms with Crippen LogP contribution in [-0.4, -0.2) is 22.6 Å². The van der Waals surface area contributed by atoms with Gasteiger partial charge in [-0.25, -0.2) is 4.98 Å². The van der Waals surface area contributed by atoms with Crippen LogP contribution in [0.25, 0.3) is 0 Å². The molecular weight excluding hydrogens is 226 g/mol. The summed E-state index contributed by atoms with van der Waals surface area (Å²) in [5.41, 5.74) is 0.912. The van der Waals surface area contributed by atoms with Gasteiger partial charge in [-0.05, 0) is 25.7 Å². The summed E-state index contributed by atoms with van der Waals surface area (Å²) in [6.07, 6.45) is 8.98. The van der Waals surface area contributed by atoms with Crippen molar-refractivity contribution < 1.29 is 4.74 Å². The quantitative estimate of drug-likeness (QED) is 0.871. The molecule has 0 spiro atoms. The van der Waals surface area contributed by atoms with Crippen LogP contribution in [-0.2, 0) is 11.3 Å². The van der Waals surface area contributed by atoms with E-state index in [2.05, 4.69) is 22.2 Å². The van der Waals surface area contributed by atoms with E-state index in [0.717, 1.165) is 24.0 Å². The third-order valence-electron chi connectivity index (χ3n) is 3.42. The summed E-state index contributed by atoms with van der Waals surface area (Å²) in [4.78, 5) is 8.64. The van der Waals surface area contributed by atoms with Crippen molar-refractivity contribution in [3.05, 3.63) is 18.1 Å². The molecule has 1 heterocycles. The summed E-state index contributed by atoms with van der Waals surface area (Å²) >= 11 is 0. The second-order valence-corrected chi connectivity index (χ2v) is 5.13. The van der Waals surface area contributed by atoms with Gasteiger partial charge in [-0.2, -0.15) is 0 Å². The monoisotopic (exact) mass is 249 g/mol. The van der Waals surface area contributed by atoms with Gasteiger partial charge in [0.15, 0.2) is 0 Å². The molecule has 4 nitrogen and oxygen atoms in total. The lowest BCUT2D eigenvalue weighted by molar-refractivity contribution is 0.00310. The molecule has 2 unspecified atom stereocenters. The third kappa shape index (κ3) is 3.95. The standard InChI is InChI=1S/C14H23N3O/c1-3-15-14-9-16-12(8-17-14)10-18-13-6-4-5-11(2)7-13/h8-9,11,13H,3-7,10H2,1-2H3,(H,15,17). The number of anilines is 1. The van der Waals surface area contributed by atoms with Crippen LogP contribution >= 0.6 is 0 Å².